The van der Waals surface area contributed by atoms with Crippen LogP contribution in [0, 0.1) is 23.7 Å². The van der Waals surface area contributed by atoms with Crippen molar-refractivity contribution in [3.63, 3.8) is 0 Å². The molecule has 0 N–H and O–H groups in total. The minimum Gasteiger partial charge on any atom is -0.518 e. The molecular weight excluding hydrogens is 557 g/mol. The van der Waals surface area contributed by atoms with Crippen molar-refractivity contribution in [1.82, 2.24) is 0 Å². The van der Waals surface area contributed by atoms with Crippen molar-refractivity contribution in [2.45, 2.75) is 121 Å². The maximum absolute atomic E-state index is 7.09. The molecule has 6 heteroatoms. The van der Waals surface area contributed by atoms with Crippen LogP contribution in [0.5, 0.6) is 0 Å². The molecule has 0 amide bonds. The second-order valence-corrected chi connectivity index (χ2v) is 24.5. The van der Waals surface area contributed by atoms with Crippen LogP contribution >= 0.6 is 11.8 Å². The molecule has 1 aliphatic heterocycles. The van der Waals surface area contributed by atoms with Gasteiger partial charge in [-0.2, -0.15) is 0 Å². The second kappa shape index (κ2) is 14.9. The quantitative estimate of drug-likeness (QED) is 0.206. The second-order valence-electron chi connectivity index (χ2n) is 13.3. The first kappa shape index (κ1) is 35.1. The fourth-order valence-electron chi connectivity index (χ4n) is 5.12. The number of hydrogen-bond donors (Lipinski definition) is 0. The first-order valence-electron chi connectivity index (χ1n) is 14.9. The Morgan fingerprint density at radius 1 is 0.902 bits per heavy atom. The van der Waals surface area contributed by atoms with Gasteiger partial charge >= 0.3 is 0 Å². The summed E-state index contributed by atoms with van der Waals surface area (Å²) in [5.74, 6) is 13.6. The monoisotopic (exact) mass is 608 g/mol. The molecule has 0 aliphatic carbocycles. The van der Waals surface area contributed by atoms with Crippen LogP contribution in [0.1, 0.15) is 75.7 Å². The van der Waals surface area contributed by atoms with E-state index in [2.05, 4.69) is 136 Å². The van der Waals surface area contributed by atoms with Crippen LogP contribution in [-0.4, -0.2) is 28.8 Å². The van der Waals surface area contributed by atoms with Crippen molar-refractivity contribution in [3.8, 4) is 23.7 Å². The lowest BCUT2D eigenvalue weighted by Gasteiger charge is -2.43. The fraction of sp³-hybridized carbons (Fsp3) is 0.543. The molecule has 0 aromatic heterocycles. The van der Waals surface area contributed by atoms with Crippen LogP contribution in [0.25, 0.3) is 0 Å². The summed E-state index contributed by atoms with van der Waals surface area (Å²) in [5.41, 5.74) is 0.479. The van der Waals surface area contributed by atoms with Gasteiger partial charge in [-0.3, -0.25) is 0 Å². The molecule has 3 nitrogen and oxygen atoms in total. The summed E-state index contributed by atoms with van der Waals surface area (Å²) in [6, 6.07) is 10.4. The Bertz CT molecular complexity index is 1190. The third-order valence-corrected chi connectivity index (χ3v) is 20.0. The molecule has 0 radical (unpaired) electrons. The van der Waals surface area contributed by atoms with E-state index in [1.54, 1.807) is 11.8 Å². The van der Waals surface area contributed by atoms with E-state index in [1.807, 2.05) is 24.3 Å². The predicted octanol–water partition coefficient (Wildman–Crippen LogP) is 10.5. The molecule has 1 unspecified atom stereocenters. The van der Waals surface area contributed by atoms with E-state index in [-0.39, 0.29) is 5.04 Å². The molecule has 2 rings (SSSR count). The van der Waals surface area contributed by atoms with Crippen LogP contribution in [0.15, 0.2) is 70.4 Å². The van der Waals surface area contributed by atoms with Gasteiger partial charge in [0.1, 0.15) is 12.2 Å². The minimum absolute atomic E-state index is 0.0271. The normalized spacial score (nSPS) is 22.2. The summed E-state index contributed by atoms with van der Waals surface area (Å²) < 4.78 is 20.5. The first-order valence-corrected chi connectivity index (χ1v) is 20.7. The van der Waals surface area contributed by atoms with Crippen molar-refractivity contribution in [3.05, 3.63) is 65.5 Å². The van der Waals surface area contributed by atoms with Crippen LogP contribution in [-0.2, 0) is 13.6 Å². The number of allylic oxidation sites excluding steroid dienone is 3. The number of hydrogen-bond acceptors (Lipinski definition) is 4. The van der Waals surface area contributed by atoms with E-state index in [4.69, 9.17) is 13.6 Å². The predicted molar refractivity (Wildman–Crippen MR) is 183 cm³/mol. The Kier molecular flexibility index (Phi) is 12.7. The van der Waals surface area contributed by atoms with Crippen LogP contribution in [0.4, 0.5) is 0 Å². The van der Waals surface area contributed by atoms with Gasteiger partial charge in [-0.25, -0.2) is 0 Å². The zero-order chi connectivity index (χ0) is 30.9. The van der Waals surface area contributed by atoms with Crippen molar-refractivity contribution in [2.24, 2.45) is 0 Å². The molecular formula is C35H52O3SSi2. The van der Waals surface area contributed by atoms with Crippen molar-refractivity contribution in [1.29, 1.82) is 0 Å². The number of benzene rings is 1. The van der Waals surface area contributed by atoms with Gasteiger partial charge in [0.25, 0.3) is 14.3 Å². The third kappa shape index (κ3) is 9.45. The first-order chi connectivity index (χ1) is 19.0. The smallest absolute Gasteiger partial charge is 0.262 e. The van der Waals surface area contributed by atoms with E-state index in [9.17, 15) is 0 Å². The molecule has 0 spiro atoms. The molecule has 1 aromatic rings. The molecule has 0 bridgehead atoms. The summed E-state index contributed by atoms with van der Waals surface area (Å²) in [5, 5.41) is 0.0271. The lowest BCUT2D eigenvalue weighted by atomic mass is 10.1. The highest BCUT2D eigenvalue weighted by Crippen LogP contribution is 2.45. The van der Waals surface area contributed by atoms with Gasteiger partial charge in [-0.05, 0) is 72.0 Å². The standard InChI is InChI=1S/C35H52O3SSi2/c1-28(2)41(29(3)4,30(5)6)37-33-24-20-15-13-14-16-21-26-35(10,38-40(11,12)34(7,8)9)32(25-27-36-33)39-31-22-18-17-19-23-31/h14,16-19,22-25,28-30H,20,27H2,1-12H3/b16-14-,32-25-,33-24+. The Balaban J connectivity index is 2.63. The summed E-state index contributed by atoms with van der Waals surface area (Å²) in [4.78, 5) is 2.14. The van der Waals surface area contributed by atoms with Crippen LogP contribution in [0.3, 0.4) is 0 Å². The van der Waals surface area contributed by atoms with Gasteiger partial charge in [-0.15, -0.1) is 0 Å². The Morgan fingerprint density at radius 3 is 2.05 bits per heavy atom. The summed E-state index contributed by atoms with van der Waals surface area (Å²) >= 11 is 1.68. The van der Waals surface area contributed by atoms with Crippen molar-refractivity contribution < 1.29 is 13.6 Å². The molecule has 1 aromatic carbocycles. The van der Waals surface area contributed by atoms with E-state index in [0.717, 1.165) is 9.80 Å². The maximum Gasteiger partial charge on any atom is 0.262 e. The van der Waals surface area contributed by atoms with Gasteiger partial charge in [0.15, 0.2) is 8.32 Å². The fourth-order valence-corrected chi connectivity index (χ4v) is 12.9. The van der Waals surface area contributed by atoms with E-state index >= 15 is 0 Å². The number of thioether (sulfide) groups is 1. The van der Waals surface area contributed by atoms with Gasteiger partial charge in [0.2, 0.25) is 0 Å². The Morgan fingerprint density at radius 2 is 1.49 bits per heavy atom. The summed E-state index contributed by atoms with van der Waals surface area (Å²) in [7, 11) is -4.40. The highest BCUT2D eigenvalue weighted by Gasteiger charge is 2.48. The highest BCUT2D eigenvalue weighted by molar-refractivity contribution is 8.03. The molecule has 0 saturated carbocycles. The van der Waals surface area contributed by atoms with E-state index in [0.29, 0.717) is 35.6 Å². The zero-order valence-corrected chi connectivity index (χ0v) is 30.3. The topological polar surface area (TPSA) is 27.7 Å². The number of rotatable bonds is 9. The van der Waals surface area contributed by atoms with Gasteiger partial charge in [0.05, 0.1) is 0 Å². The lowest BCUT2D eigenvalue weighted by molar-refractivity contribution is 0.111. The third-order valence-electron chi connectivity index (χ3n) is 8.22. The molecule has 1 aliphatic rings. The molecule has 0 fully saturated rings. The molecule has 1 heterocycles. The Labute approximate surface area is 257 Å². The van der Waals surface area contributed by atoms with Gasteiger partial charge in [-0.1, -0.05) is 116 Å². The highest BCUT2D eigenvalue weighted by atomic mass is 32.2. The van der Waals surface area contributed by atoms with Gasteiger partial charge in [0, 0.05) is 22.3 Å². The van der Waals surface area contributed by atoms with Crippen LogP contribution < -0.4 is 0 Å². The lowest BCUT2D eigenvalue weighted by Crippen LogP contribution is -2.48. The number of ether oxygens (including phenoxy) is 1. The minimum atomic E-state index is -2.21. The van der Waals surface area contributed by atoms with Crippen molar-refractivity contribution in [2.75, 3.05) is 6.61 Å². The maximum atomic E-state index is 7.09. The van der Waals surface area contributed by atoms with Crippen LogP contribution in [0.2, 0.25) is 34.8 Å². The average molecular weight is 609 g/mol. The largest absolute Gasteiger partial charge is 0.518 e. The Hall–Kier alpha value is -2.10. The van der Waals surface area contributed by atoms with E-state index < -0.39 is 22.2 Å². The molecule has 41 heavy (non-hydrogen) atoms. The summed E-state index contributed by atoms with van der Waals surface area (Å²) in [6.07, 6.45) is 8.30. The molecule has 1 atom stereocenters. The molecule has 0 saturated heterocycles. The summed E-state index contributed by atoms with van der Waals surface area (Å²) in [6.45, 7) is 27.5. The van der Waals surface area contributed by atoms with E-state index in [1.165, 1.54) is 0 Å². The van der Waals surface area contributed by atoms with Crippen molar-refractivity contribution >= 4 is 28.4 Å². The average Bonchev–Trinajstić information content (AvgIpc) is 2.86. The zero-order valence-electron chi connectivity index (χ0n) is 27.5. The van der Waals surface area contributed by atoms with Gasteiger partial charge < -0.3 is 13.6 Å². The SMILES string of the molecule is CC(C)[Si](O/C1=C/CC#C/C=C\C#CC(C)(O[Si](C)(C)C(C)(C)C)/C(Sc2ccccc2)=C/CO1)(C(C)C)C(C)C. The molecule has 224 valence electrons.